The number of pyridine rings is 1. The summed E-state index contributed by atoms with van der Waals surface area (Å²) >= 11 is 0. The van der Waals surface area contributed by atoms with Crippen molar-refractivity contribution >= 4 is 32.1 Å². The van der Waals surface area contributed by atoms with E-state index in [2.05, 4.69) is 16.0 Å². The van der Waals surface area contributed by atoms with Crippen LogP contribution in [0.3, 0.4) is 0 Å². The maximum atomic E-state index is 13.1. The van der Waals surface area contributed by atoms with Gasteiger partial charge in [0.1, 0.15) is 11.3 Å². The lowest BCUT2D eigenvalue weighted by molar-refractivity contribution is 0.324. The number of nitriles is 1. The van der Waals surface area contributed by atoms with Crippen molar-refractivity contribution in [3.63, 3.8) is 0 Å². The Morgan fingerprint density at radius 3 is 2.63 bits per heavy atom. The third kappa shape index (κ3) is 3.06. The van der Waals surface area contributed by atoms with Crippen LogP contribution in [-0.2, 0) is 10.0 Å². The molecule has 30 heavy (non-hydrogen) atoms. The quantitative estimate of drug-likeness (QED) is 0.530. The van der Waals surface area contributed by atoms with Crippen molar-refractivity contribution < 1.29 is 8.42 Å². The molecule has 1 aliphatic rings. The summed E-state index contributed by atoms with van der Waals surface area (Å²) in [6.07, 6.45) is 7.91. The number of rotatable bonds is 4. The normalized spacial score (nSPS) is 19.8. The van der Waals surface area contributed by atoms with Crippen LogP contribution in [0, 0.1) is 17.2 Å². The van der Waals surface area contributed by atoms with Gasteiger partial charge in [-0.25, -0.2) is 22.4 Å². The first-order valence-electron chi connectivity index (χ1n) is 10.1. The molecule has 0 unspecified atom stereocenters. The Balaban J connectivity index is 1.52. The van der Waals surface area contributed by atoms with Gasteiger partial charge in [-0.15, -0.1) is 0 Å². The van der Waals surface area contributed by atoms with E-state index in [0.717, 1.165) is 42.5 Å². The molecule has 0 spiro atoms. The summed E-state index contributed by atoms with van der Waals surface area (Å²) in [4.78, 5) is 12.9. The van der Waals surface area contributed by atoms with Gasteiger partial charge in [0.25, 0.3) is 10.0 Å². The molecule has 1 N–H and O–H groups in total. The Kier molecular flexibility index (Phi) is 4.55. The van der Waals surface area contributed by atoms with E-state index < -0.39 is 10.0 Å². The van der Waals surface area contributed by atoms with E-state index >= 15 is 0 Å². The van der Waals surface area contributed by atoms with Gasteiger partial charge < -0.3 is 4.98 Å². The number of benzene rings is 1. The molecule has 4 aromatic rings. The lowest BCUT2D eigenvalue weighted by atomic mass is 9.80. The highest BCUT2D eigenvalue weighted by Crippen LogP contribution is 2.37. The van der Waals surface area contributed by atoms with Crippen LogP contribution in [0.25, 0.3) is 22.1 Å². The number of H-pyrrole nitrogens is 1. The SMILES string of the molecule is N#CCC1CCC(c2nc3c(cnc4c3ccn4S(=O)(=O)c3ccccc3)[nH]2)CC1. The molecule has 1 saturated carbocycles. The minimum absolute atomic E-state index is 0.223. The summed E-state index contributed by atoms with van der Waals surface area (Å²) in [5.74, 6) is 1.74. The van der Waals surface area contributed by atoms with E-state index in [1.807, 2.05) is 0 Å². The third-order valence-corrected chi connectivity index (χ3v) is 7.74. The van der Waals surface area contributed by atoms with E-state index in [4.69, 9.17) is 10.2 Å². The highest BCUT2D eigenvalue weighted by atomic mass is 32.2. The minimum atomic E-state index is -3.73. The first-order valence-corrected chi connectivity index (χ1v) is 11.5. The second-order valence-electron chi connectivity index (χ2n) is 7.89. The Labute approximate surface area is 174 Å². The second kappa shape index (κ2) is 7.26. The summed E-state index contributed by atoms with van der Waals surface area (Å²) in [5.41, 5.74) is 1.93. The maximum Gasteiger partial charge on any atom is 0.269 e. The van der Waals surface area contributed by atoms with E-state index in [1.165, 1.54) is 3.97 Å². The van der Waals surface area contributed by atoms with Crippen LogP contribution in [0.15, 0.2) is 53.7 Å². The molecular formula is C22H21N5O2S. The van der Waals surface area contributed by atoms with Crippen molar-refractivity contribution in [2.24, 2.45) is 5.92 Å². The topological polar surface area (TPSA) is 104 Å². The van der Waals surface area contributed by atoms with Crippen LogP contribution in [-0.4, -0.2) is 27.3 Å². The largest absolute Gasteiger partial charge is 0.340 e. The lowest BCUT2D eigenvalue weighted by Crippen LogP contribution is -2.13. The molecular weight excluding hydrogens is 398 g/mol. The fourth-order valence-corrected chi connectivity index (χ4v) is 5.73. The fourth-order valence-electron chi connectivity index (χ4n) is 4.41. The number of aromatic nitrogens is 4. The van der Waals surface area contributed by atoms with Crippen molar-refractivity contribution in [2.75, 3.05) is 0 Å². The van der Waals surface area contributed by atoms with Crippen molar-refractivity contribution in [1.82, 2.24) is 18.9 Å². The molecule has 7 nitrogen and oxygen atoms in total. The Morgan fingerprint density at radius 2 is 1.90 bits per heavy atom. The predicted molar refractivity (Wildman–Crippen MR) is 113 cm³/mol. The molecule has 0 atom stereocenters. The van der Waals surface area contributed by atoms with Crippen LogP contribution in [0.2, 0.25) is 0 Å². The van der Waals surface area contributed by atoms with E-state index in [9.17, 15) is 8.42 Å². The monoisotopic (exact) mass is 419 g/mol. The van der Waals surface area contributed by atoms with Crippen LogP contribution in [0.5, 0.6) is 0 Å². The summed E-state index contributed by atoms with van der Waals surface area (Å²) in [7, 11) is -3.73. The van der Waals surface area contributed by atoms with Gasteiger partial charge in [-0.05, 0) is 49.8 Å². The summed E-state index contributed by atoms with van der Waals surface area (Å²) in [6.45, 7) is 0. The molecule has 1 aliphatic carbocycles. The van der Waals surface area contributed by atoms with Crippen LogP contribution in [0.4, 0.5) is 0 Å². The lowest BCUT2D eigenvalue weighted by Gasteiger charge is -2.25. The van der Waals surface area contributed by atoms with E-state index in [0.29, 0.717) is 29.3 Å². The van der Waals surface area contributed by atoms with Crippen LogP contribution in [0.1, 0.15) is 43.8 Å². The van der Waals surface area contributed by atoms with Gasteiger partial charge in [0.05, 0.1) is 22.7 Å². The summed E-state index contributed by atoms with van der Waals surface area (Å²) in [6, 6.07) is 12.4. The Morgan fingerprint density at radius 1 is 1.13 bits per heavy atom. The zero-order valence-electron chi connectivity index (χ0n) is 16.3. The standard InChI is InChI=1S/C22H21N5O2S/c23-12-10-15-6-8-16(9-7-15)21-25-19-14-24-22-18(20(19)26-21)11-13-27(22)30(28,29)17-4-2-1-3-5-17/h1-5,11,13-16H,6-10H2,(H,25,26). The molecule has 0 radical (unpaired) electrons. The molecule has 0 aliphatic heterocycles. The summed E-state index contributed by atoms with van der Waals surface area (Å²) < 4.78 is 27.3. The van der Waals surface area contributed by atoms with Crippen LogP contribution >= 0.6 is 0 Å². The average Bonchev–Trinajstić information content (AvgIpc) is 3.39. The van der Waals surface area contributed by atoms with Gasteiger partial charge in [0, 0.05) is 23.9 Å². The number of imidazole rings is 1. The molecule has 1 fully saturated rings. The number of hydrogen-bond acceptors (Lipinski definition) is 5. The first kappa shape index (κ1) is 18.8. The Hall–Kier alpha value is -3.18. The molecule has 3 aromatic heterocycles. The number of nitrogens with one attached hydrogen (secondary N) is 1. The van der Waals surface area contributed by atoms with Crippen molar-refractivity contribution in [3.8, 4) is 6.07 Å². The van der Waals surface area contributed by atoms with Crippen molar-refractivity contribution in [1.29, 1.82) is 5.26 Å². The first-order chi connectivity index (χ1) is 14.6. The average molecular weight is 420 g/mol. The molecule has 152 valence electrons. The van der Waals surface area contributed by atoms with Gasteiger partial charge in [-0.1, -0.05) is 18.2 Å². The zero-order valence-corrected chi connectivity index (χ0v) is 17.1. The third-order valence-electron chi connectivity index (χ3n) is 6.06. The number of hydrogen-bond donors (Lipinski definition) is 1. The van der Waals surface area contributed by atoms with Gasteiger partial charge in [-0.3, -0.25) is 0 Å². The highest BCUT2D eigenvalue weighted by molar-refractivity contribution is 7.90. The number of aromatic amines is 1. The number of fused-ring (bicyclic) bond motifs is 3. The highest BCUT2D eigenvalue weighted by Gasteiger charge is 2.26. The fraction of sp³-hybridized carbons (Fsp3) is 0.318. The minimum Gasteiger partial charge on any atom is -0.340 e. The number of nitrogens with zero attached hydrogens (tertiary/aromatic N) is 4. The van der Waals surface area contributed by atoms with Crippen molar-refractivity contribution in [3.05, 3.63) is 54.6 Å². The Bertz CT molecular complexity index is 1360. The molecule has 1 aromatic carbocycles. The molecule has 8 heteroatoms. The molecule has 3 heterocycles. The van der Waals surface area contributed by atoms with Gasteiger partial charge in [-0.2, -0.15) is 5.26 Å². The maximum absolute atomic E-state index is 13.1. The van der Waals surface area contributed by atoms with E-state index in [1.54, 1.807) is 48.8 Å². The molecule has 0 saturated heterocycles. The van der Waals surface area contributed by atoms with Crippen molar-refractivity contribution in [2.45, 2.75) is 42.9 Å². The van der Waals surface area contributed by atoms with Gasteiger partial charge >= 0.3 is 0 Å². The predicted octanol–water partition coefficient (Wildman–Crippen LogP) is 4.34. The molecule has 5 rings (SSSR count). The summed E-state index contributed by atoms with van der Waals surface area (Å²) in [5, 5.41) is 9.62. The van der Waals surface area contributed by atoms with E-state index in [-0.39, 0.29) is 4.90 Å². The smallest absolute Gasteiger partial charge is 0.269 e. The molecule has 0 bridgehead atoms. The van der Waals surface area contributed by atoms with Gasteiger partial charge in [0.2, 0.25) is 0 Å². The second-order valence-corrected chi connectivity index (χ2v) is 9.70. The molecule has 0 amide bonds. The van der Waals surface area contributed by atoms with Gasteiger partial charge in [0.15, 0.2) is 5.65 Å². The zero-order chi connectivity index (χ0) is 20.7. The van der Waals surface area contributed by atoms with Crippen LogP contribution < -0.4 is 0 Å².